The molecule has 0 heterocycles. The molecule has 2 rings (SSSR count). The van der Waals surface area contributed by atoms with Gasteiger partial charge in [-0.3, -0.25) is 0 Å². The lowest BCUT2D eigenvalue weighted by molar-refractivity contribution is 0.492. The molecule has 0 amide bonds. The summed E-state index contributed by atoms with van der Waals surface area (Å²) in [4.78, 5) is 0. The van der Waals surface area contributed by atoms with Crippen molar-refractivity contribution in [1.82, 2.24) is 0 Å². The van der Waals surface area contributed by atoms with Crippen LogP contribution in [0.1, 0.15) is 43.7 Å². The number of fused-ring (bicyclic) bond motifs is 1. The Morgan fingerprint density at radius 1 is 1.29 bits per heavy atom. The zero-order chi connectivity index (χ0) is 9.97. The van der Waals surface area contributed by atoms with Gasteiger partial charge in [-0.05, 0) is 23.5 Å². The molecule has 2 unspecified atom stereocenters. The Labute approximate surface area is 86.7 Å². The molecule has 0 bridgehead atoms. The summed E-state index contributed by atoms with van der Waals surface area (Å²) in [6.45, 7) is 4.62. The molecule has 0 N–H and O–H groups in total. The van der Waals surface area contributed by atoms with E-state index in [1.54, 1.807) is 0 Å². The molecule has 0 spiro atoms. The van der Waals surface area contributed by atoms with Crippen molar-refractivity contribution in [2.24, 2.45) is 5.92 Å². The normalized spacial score (nSPS) is 20.9. The molecule has 0 heteroatoms. The van der Waals surface area contributed by atoms with E-state index < -0.39 is 0 Å². The van der Waals surface area contributed by atoms with Crippen LogP contribution in [0.25, 0.3) is 6.08 Å². The number of rotatable bonds is 3. The van der Waals surface area contributed by atoms with Crippen molar-refractivity contribution in [2.75, 3.05) is 0 Å². The zero-order valence-corrected chi connectivity index (χ0v) is 9.03. The molecule has 0 saturated carbocycles. The first kappa shape index (κ1) is 9.51. The third-order valence-corrected chi connectivity index (χ3v) is 3.26. The molecule has 2 atom stereocenters. The van der Waals surface area contributed by atoms with Crippen molar-refractivity contribution < 1.29 is 0 Å². The largest absolute Gasteiger partial charge is 0.0764 e. The molecule has 1 aliphatic carbocycles. The molecule has 0 nitrogen and oxygen atoms in total. The molecular formula is C14H18. The summed E-state index contributed by atoms with van der Waals surface area (Å²) in [6.07, 6.45) is 7.20. The molecule has 0 aromatic heterocycles. The van der Waals surface area contributed by atoms with Gasteiger partial charge in [-0.2, -0.15) is 0 Å². The predicted molar refractivity (Wildman–Crippen MR) is 62.3 cm³/mol. The first-order chi connectivity index (χ1) is 6.81. The zero-order valence-electron chi connectivity index (χ0n) is 9.03. The minimum Gasteiger partial charge on any atom is -0.0764 e. The van der Waals surface area contributed by atoms with Crippen molar-refractivity contribution in [3.8, 4) is 0 Å². The number of allylic oxidation sites excluding steroid dienone is 1. The molecule has 1 aliphatic rings. The van der Waals surface area contributed by atoms with Gasteiger partial charge in [-0.15, -0.1) is 0 Å². The number of hydrogen-bond donors (Lipinski definition) is 0. The Hall–Kier alpha value is -1.04. The molecule has 1 aromatic carbocycles. The van der Waals surface area contributed by atoms with Gasteiger partial charge in [-0.1, -0.05) is 56.7 Å². The topological polar surface area (TPSA) is 0 Å². The van der Waals surface area contributed by atoms with Crippen LogP contribution in [-0.4, -0.2) is 0 Å². The van der Waals surface area contributed by atoms with E-state index >= 15 is 0 Å². The van der Waals surface area contributed by atoms with Crippen LogP contribution in [0.5, 0.6) is 0 Å². The van der Waals surface area contributed by atoms with Gasteiger partial charge in [0.05, 0.1) is 0 Å². The second-order valence-corrected chi connectivity index (χ2v) is 4.34. The minimum atomic E-state index is 0.668. The average Bonchev–Trinajstić information content (AvgIpc) is 2.62. The lowest BCUT2D eigenvalue weighted by Crippen LogP contribution is -2.00. The van der Waals surface area contributed by atoms with E-state index in [0.717, 1.165) is 5.92 Å². The van der Waals surface area contributed by atoms with Gasteiger partial charge in [0.25, 0.3) is 0 Å². The Balaban J connectivity index is 2.14. The lowest BCUT2D eigenvalue weighted by atomic mass is 9.90. The molecule has 14 heavy (non-hydrogen) atoms. The Morgan fingerprint density at radius 3 is 2.86 bits per heavy atom. The van der Waals surface area contributed by atoms with E-state index in [0.29, 0.717) is 5.92 Å². The minimum absolute atomic E-state index is 0.668. The van der Waals surface area contributed by atoms with Crippen LogP contribution in [0, 0.1) is 5.92 Å². The van der Waals surface area contributed by atoms with E-state index in [2.05, 4.69) is 50.3 Å². The van der Waals surface area contributed by atoms with Crippen LogP contribution in [-0.2, 0) is 0 Å². The molecule has 1 aromatic rings. The third kappa shape index (κ3) is 1.75. The molecular weight excluding hydrogens is 168 g/mol. The third-order valence-electron chi connectivity index (χ3n) is 3.26. The van der Waals surface area contributed by atoms with Crippen LogP contribution in [0.15, 0.2) is 30.3 Å². The van der Waals surface area contributed by atoms with Gasteiger partial charge in [0, 0.05) is 5.92 Å². The van der Waals surface area contributed by atoms with Crippen LogP contribution in [0.3, 0.4) is 0 Å². The number of hydrogen-bond acceptors (Lipinski definition) is 0. The molecule has 0 fully saturated rings. The average molecular weight is 186 g/mol. The first-order valence-corrected chi connectivity index (χ1v) is 5.58. The van der Waals surface area contributed by atoms with Crippen molar-refractivity contribution in [2.45, 2.75) is 32.6 Å². The van der Waals surface area contributed by atoms with Crippen molar-refractivity contribution in [3.05, 3.63) is 41.5 Å². The lowest BCUT2D eigenvalue weighted by Gasteiger charge is -2.15. The van der Waals surface area contributed by atoms with Crippen LogP contribution in [0.4, 0.5) is 0 Å². The van der Waals surface area contributed by atoms with E-state index in [9.17, 15) is 0 Å². The highest BCUT2D eigenvalue weighted by molar-refractivity contribution is 5.62. The maximum Gasteiger partial charge on any atom is 0.00297 e. The van der Waals surface area contributed by atoms with Gasteiger partial charge >= 0.3 is 0 Å². The second kappa shape index (κ2) is 4.00. The summed E-state index contributed by atoms with van der Waals surface area (Å²) in [6, 6.07) is 8.75. The highest BCUT2D eigenvalue weighted by Gasteiger charge is 2.17. The van der Waals surface area contributed by atoms with Crippen molar-refractivity contribution >= 4 is 6.08 Å². The summed E-state index contributed by atoms with van der Waals surface area (Å²) in [5.74, 6) is 1.50. The Morgan fingerprint density at radius 2 is 2.07 bits per heavy atom. The fourth-order valence-electron chi connectivity index (χ4n) is 2.13. The first-order valence-electron chi connectivity index (χ1n) is 5.58. The highest BCUT2D eigenvalue weighted by Crippen LogP contribution is 2.34. The Kier molecular flexibility index (Phi) is 2.72. The van der Waals surface area contributed by atoms with Crippen LogP contribution < -0.4 is 0 Å². The summed E-state index contributed by atoms with van der Waals surface area (Å²) in [5.41, 5.74) is 2.94. The fourth-order valence-corrected chi connectivity index (χ4v) is 2.13. The standard InChI is InChI=1S/C14H18/c1-3-11(2)10-13-9-8-12-6-4-5-7-14(12)13/h4-9,11,13H,3,10H2,1-2H3. The predicted octanol–water partition coefficient (Wildman–Crippen LogP) is 4.23. The molecule has 0 aliphatic heterocycles. The summed E-state index contributed by atoms with van der Waals surface area (Å²) >= 11 is 0. The molecule has 0 saturated heterocycles. The molecule has 0 radical (unpaired) electrons. The maximum atomic E-state index is 2.36. The monoisotopic (exact) mass is 186 g/mol. The van der Waals surface area contributed by atoms with Gasteiger partial charge in [-0.25, -0.2) is 0 Å². The van der Waals surface area contributed by atoms with E-state index in [-0.39, 0.29) is 0 Å². The van der Waals surface area contributed by atoms with E-state index in [1.807, 2.05) is 0 Å². The fraction of sp³-hybridized carbons (Fsp3) is 0.429. The van der Waals surface area contributed by atoms with Crippen molar-refractivity contribution in [1.29, 1.82) is 0 Å². The van der Waals surface area contributed by atoms with Gasteiger partial charge < -0.3 is 0 Å². The molecule has 74 valence electrons. The van der Waals surface area contributed by atoms with Crippen LogP contribution in [0.2, 0.25) is 0 Å². The quantitative estimate of drug-likeness (QED) is 0.662. The SMILES string of the molecule is CCC(C)CC1C=Cc2ccccc21. The highest BCUT2D eigenvalue weighted by atomic mass is 14.2. The summed E-state index contributed by atoms with van der Waals surface area (Å²) < 4.78 is 0. The maximum absolute atomic E-state index is 2.36. The summed E-state index contributed by atoms with van der Waals surface area (Å²) in [5, 5.41) is 0. The van der Waals surface area contributed by atoms with Crippen LogP contribution >= 0.6 is 0 Å². The summed E-state index contributed by atoms with van der Waals surface area (Å²) in [7, 11) is 0. The van der Waals surface area contributed by atoms with Gasteiger partial charge in [0.2, 0.25) is 0 Å². The van der Waals surface area contributed by atoms with Crippen molar-refractivity contribution in [3.63, 3.8) is 0 Å². The second-order valence-electron chi connectivity index (χ2n) is 4.34. The van der Waals surface area contributed by atoms with Gasteiger partial charge in [0.1, 0.15) is 0 Å². The van der Waals surface area contributed by atoms with E-state index in [1.165, 1.54) is 24.0 Å². The smallest absolute Gasteiger partial charge is 0.00297 e. The van der Waals surface area contributed by atoms with Gasteiger partial charge in [0.15, 0.2) is 0 Å². The van der Waals surface area contributed by atoms with E-state index in [4.69, 9.17) is 0 Å². The Bertz CT molecular complexity index is 336. The number of benzene rings is 1.